The lowest BCUT2D eigenvalue weighted by Crippen LogP contribution is -1.88. The number of hydrogen-bond donors (Lipinski definition) is 0. The third kappa shape index (κ3) is 2.86. The lowest BCUT2D eigenvalue weighted by molar-refractivity contribution is 1.13. The van der Waals surface area contributed by atoms with Gasteiger partial charge in [-0.3, -0.25) is 0 Å². The van der Waals surface area contributed by atoms with Gasteiger partial charge in [-0.25, -0.2) is 4.98 Å². The van der Waals surface area contributed by atoms with Crippen molar-refractivity contribution in [1.82, 2.24) is 4.98 Å². The predicted octanol–water partition coefficient (Wildman–Crippen LogP) is 3.99. The van der Waals surface area contributed by atoms with Gasteiger partial charge in [-0.2, -0.15) is 0 Å². The monoisotopic (exact) mass is 229 g/mol. The Morgan fingerprint density at radius 1 is 1.12 bits per heavy atom. The summed E-state index contributed by atoms with van der Waals surface area (Å²) in [5, 5.41) is 1.09. The Bertz CT molecular complexity index is 465. The highest BCUT2D eigenvalue weighted by Gasteiger charge is 2.00. The Morgan fingerprint density at radius 2 is 2.00 bits per heavy atom. The molecule has 82 valence electrons. The minimum absolute atomic E-state index is 0.991. The second-order valence-electron chi connectivity index (χ2n) is 3.89. The van der Waals surface area contributed by atoms with E-state index in [1.54, 1.807) is 11.8 Å². The molecule has 2 rings (SSSR count). The van der Waals surface area contributed by atoms with Crippen LogP contribution in [0, 0.1) is 13.8 Å². The molecule has 1 nitrogen and oxygen atoms in total. The lowest BCUT2D eigenvalue weighted by atomic mass is 10.1. The van der Waals surface area contributed by atoms with Gasteiger partial charge in [0.1, 0.15) is 0 Å². The van der Waals surface area contributed by atoms with E-state index in [1.165, 1.54) is 16.7 Å². The number of aromatic nitrogens is 1. The fraction of sp³-hybridized carbons (Fsp3) is 0.214. The van der Waals surface area contributed by atoms with Crippen molar-refractivity contribution < 1.29 is 0 Å². The molecule has 0 radical (unpaired) electrons. The first-order valence-electron chi connectivity index (χ1n) is 5.35. The van der Waals surface area contributed by atoms with Crippen LogP contribution in [0.25, 0.3) is 0 Å². The minimum Gasteiger partial charge on any atom is -0.250 e. The minimum atomic E-state index is 0.991. The molecule has 1 aromatic heterocycles. The topological polar surface area (TPSA) is 12.9 Å². The van der Waals surface area contributed by atoms with Crippen molar-refractivity contribution in [2.75, 3.05) is 0 Å². The SMILES string of the molecule is Cc1ccc(C)c(CSc2ccccn2)c1. The van der Waals surface area contributed by atoms with Gasteiger partial charge in [0, 0.05) is 11.9 Å². The number of hydrogen-bond acceptors (Lipinski definition) is 2. The fourth-order valence-electron chi connectivity index (χ4n) is 1.54. The van der Waals surface area contributed by atoms with E-state index in [-0.39, 0.29) is 0 Å². The Labute approximate surface area is 101 Å². The summed E-state index contributed by atoms with van der Waals surface area (Å²) in [4.78, 5) is 4.31. The smallest absolute Gasteiger partial charge is 0.0963 e. The molecular formula is C14H15NS. The number of rotatable bonds is 3. The summed E-state index contributed by atoms with van der Waals surface area (Å²) in [7, 11) is 0. The molecule has 0 saturated carbocycles. The summed E-state index contributed by atoms with van der Waals surface area (Å²) in [6, 6.07) is 12.6. The maximum absolute atomic E-state index is 4.31. The van der Waals surface area contributed by atoms with Gasteiger partial charge >= 0.3 is 0 Å². The van der Waals surface area contributed by atoms with Crippen LogP contribution < -0.4 is 0 Å². The molecule has 2 aromatic rings. The zero-order valence-corrected chi connectivity index (χ0v) is 10.4. The van der Waals surface area contributed by atoms with E-state index in [1.807, 2.05) is 18.3 Å². The summed E-state index contributed by atoms with van der Waals surface area (Å²) in [5.74, 6) is 0.991. The van der Waals surface area contributed by atoms with Crippen molar-refractivity contribution >= 4 is 11.8 Å². The molecule has 0 aliphatic carbocycles. The molecule has 0 aliphatic heterocycles. The van der Waals surface area contributed by atoms with E-state index in [0.717, 1.165) is 10.8 Å². The number of pyridine rings is 1. The van der Waals surface area contributed by atoms with Gasteiger partial charge in [0.05, 0.1) is 5.03 Å². The Balaban J connectivity index is 2.08. The van der Waals surface area contributed by atoms with Gasteiger partial charge < -0.3 is 0 Å². The number of nitrogens with zero attached hydrogens (tertiary/aromatic N) is 1. The third-order valence-electron chi connectivity index (χ3n) is 2.52. The van der Waals surface area contributed by atoms with Crippen LogP contribution in [0.4, 0.5) is 0 Å². The van der Waals surface area contributed by atoms with Gasteiger partial charge in [-0.05, 0) is 37.1 Å². The van der Waals surface area contributed by atoms with Crippen molar-refractivity contribution in [1.29, 1.82) is 0 Å². The standard InChI is InChI=1S/C14H15NS/c1-11-6-7-12(2)13(9-11)10-16-14-5-3-4-8-15-14/h3-9H,10H2,1-2H3. The zero-order valence-electron chi connectivity index (χ0n) is 9.60. The Hall–Kier alpha value is -1.28. The van der Waals surface area contributed by atoms with Crippen LogP contribution in [0.2, 0.25) is 0 Å². The van der Waals surface area contributed by atoms with Gasteiger partial charge in [0.2, 0.25) is 0 Å². The molecule has 0 N–H and O–H groups in total. The van der Waals surface area contributed by atoms with E-state index in [0.29, 0.717) is 0 Å². The molecule has 0 saturated heterocycles. The molecule has 0 atom stereocenters. The van der Waals surface area contributed by atoms with Crippen molar-refractivity contribution in [2.45, 2.75) is 24.6 Å². The summed E-state index contributed by atoms with van der Waals surface area (Å²) in [5.41, 5.74) is 4.08. The van der Waals surface area contributed by atoms with Crippen LogP contribution in [0.15, 0.2) is 47.6 Å². The molecule has 0 spiro atoms. The highest BCUT2D eigenvalue weighted by Crippen LogP contribution is 2.22. The van der Waals surface area contributed by atoms with E-state index < -0.39 is 0 Å². The lowest BCUT2D eigenvalue weighted by Gasteiger charge is -2.06. The Kier molecular flexibility index (Phi) is 3.62. The molecular weight excluding hydrogens is 214 g/mol. The molecule has 1 aromatic carbocycles. The molecule has 0 bridgehead atoms. The summed E-state index contributed by atoms with van der Waals surface area (Å²) in [6.45, 7) is 4.29. The van der Waals surface area contributed by atoms with Crippen LogP contribution in [0.1, 0.15) is 16.7 Å². The normalized spacial score (nSPS) is 10.4. The van der Waals surface area contributed by atoms with Gasteiger partial charge in [0.25, 0.3) is 0 Å². The molecule has 2 heteroatoms. The molecule has 1 heterocycles. The maximum Gasteiger partial charge on any atom is 0.0963 e. The van der Waals surface area contributed by atoms with E-state index >= 15 is 0 Å². The first-order valence-corrected chi connectivity index (χ1v) is 6.34. The number of thioether (sulfide) groups is 1. The van der Waals surface area contributed by atoms with Crippen LogP contribution in [-0.4, -0.2) is 4.98 Å². The Morgan fingerprint density at radius 3 is 2.75 bits per heavy atom. The molecule has 0 amide bonds. The number of aryl methyl sites for hydroxylation is 2. The summed E-state index contributed by atoms with van der Waals surface area (Å²) < 4.78 is 0. The highest BCUT2D eigenvalue weighted by molar-refractivity contribution is 7.98. The highest BCUT2D eigenvalue weighted by atomic mass is 32.2. The fourth-order valence-corrected chi connectivity index (χ4v) is 2.46. The van der Waals surface area contributed by atoms with Crippen molar-refractivity contribution in [3.05, 3.63) is 59.3 Å². The molecule has 0 unspecified atom stereocenters. The quantitative estimate of drug-likeness (QED) is 0.738. The third-order valence-corrected chi connectivity index (χ3v) is 3.51. The van der Waals surface area contributed by atoms with E-state index in [2.05, 4.69) is 43.1 Å². The van der Waals surface area contributed by atoms with Crippen molar-refractivity contribution in [2.24, 2.45) is 0 Å². The van der Waals surface area contributed by atoms with Crippen LogP contribution >= 0.6 is 11.8 Å². The summed E-state index contributed by atoms with van der Waals surface area (Å²) >= 11 is 1.79. The first-order chi connectivity index (χ1) is 7.75. The van der Waals surface area contributed by atoms with Gasteiger partial charge in [-0.1, -0.05) is 29.8 Å². The second kappa shape index (κ2) is 5.17. The van der Waals surface area contributed by atoms with Crippen LogP contribution in [-0.2, 0) is 5.75 Å². The van der Waals surface area contributed by atoms with Crippen LogP contribution in [0.5, 0.6) is 0 Å². The van der Waals surface area contributed by atoms with Crippen molar-refractivity contribution in [3.63, 3.8) is 0 Å². The largest absolute Gasteiger partial charge is 0.250 e. The van der Waals surface area contributed by atoms with E-state index in [9.17, 15) is 0 Å². The summed E-state index contributed by atoms with van der Waals surface area (Å²) in [6.07, 6.45) is 1.84. The van der Waals surface area contributed by atoms with Gasteiger partial charge in [-0.15, -0.1) is 11.8 Å². The second-order valence-corrected chi connectivity index (χ2v) is 4.88. The predicted molar refractivity (Wildman–Crippen MR) is 69.7 cm³/mol. The maximum atomic E-state index is 4.31. The molecule has 16 heavy (non-hydrogen) atoms. The van der Waals surface area contributed by atoms with E-state index in [4.69, 9.17) is 0 Å². The molecule has 0 aliphatic rings. The van der Waals surface area contributed by atoms with Gasteiger partial charge in [0.15, 0.2) is 0 Å². The average Bonchev–Trinajstić information content (AvgIpc) is 2.32. The average molecular weight is 229 g/mol. The first kappa shape index (κ1) is 11.2. The molecule has 0 fully saturated rings. The zero-order chi connectivity index (χ0) is 11.4. The van der Waals surface area contributed by atoms with Crippen LogP contribution in [0.3, 0.4) is 0 Å². The number of benzene rings is 1. The van der Waals surface area contributed by atoms with Crippen molar-refractivity contribution in [3.8, 4) is 0 Å².